The number of carbonyl (C=O) groups is 1. The van der Waals surface area contributed by atoms with Crippen LogP contribution in [0.4, 0.5) is 13.2 Å². The van der Waals surface area contributed by atoms with E-state index < -0.39 is 12.8 Å². The van der Waals surface area contributed by atoms with Gasteiger partial charge in [-0.25, -0.2) is 0 Å². The van der Waals surface area contributed by atoms with Crippen LogP contribution < -0.4 is 9.47 Å². The van der Waals surface area contributed by atoms with Gasteiger partial charge in [0.25, 0.3) is 0 Å². The minimum absolute atomic E-state index is 0.0691. The van der Waals surface area contributed by atoms with Crippen LogP contribution in [0.1, 0.15) is 31.7 Å². The summed E-state index contributed by atoms with van der Waals surface area (Å²) in [7, 11) is 1.59. The van der Waals surface area contributed by atoms with Crippen LogP contribution in [-0.4, -0.2) is 81.5 Å². The highest BCUT2D eigenvalue weighted by Gasteiger charge is 2.27. The van der Waals surface area contributed by atoms with Crippen LogP contribution in [-0.2, 0) is 9.53 Å². The molecule has 0 bridgehead atoms. The van der Waals surface area contributed by atoms with E-state index in [1.165, 1.54) is 0 Å². The van der Waals surface area contributed by atoms with E-state index in [1.54, 1.807) is 24.2 Å². The minimum atomic E-state index is -4.28. The maximum absolute atomic E-state index is 12.5. The van der Waals surface area contributed by atoms with Gasteiger partial charge in [0.05, 0.1) is 13.7 Å². The van der Waals surface area contributed by atoms with Gasteiger partial charge in [-0.1, -0.05) is 19.4 Å². The Morgan fingerprint density at radius 3 is 2.50 bits per heavy atom. The fourth-order valence-electron chi connectivity index (χ4n) is 3.28. The number of alkyl halides is 3. The lowest BCUT2D eigenvalue weighted by atomic mass is 10.1. The van der Waals surface area contributed by atoms with E-state index in [-0.39, 0.29) is 12.5 Å². The Morgan fingerprint density at radius 1 is 1.09 bits per heavy atom. The number of piperazine rings is 1. The summed E-state index contributed by atoms with van der Waals surface area (Å²) in [4.78, 5) is 16.4. The lowest BCUT2D eigenvalue weighted by Crippen LogP contribution is -2.48. The lowest BCUT2D eigenvalue weighted by molar-refractivity contribution is -0.174. The summed E-state index contributed by atoms with van der Waals surface area (Å²) in [5, 5.41) is 0. The molecule has 1 fully saturated rings. The first-order valence-electron chi connectivity index (χ1n) is 11.0. The average Bonchev–Trinajstić information content (AvgIpc) is 2.77. The van der Waals surface area contributed by atoms with Gasteiger partial charge >= 0.3 is 6.18 Å². The Balaban J connectivity index is 1.74. The van der Waals surface area contributed by atoms with Crippen LogP contribution in [0.2, 0.25) is 0 Å². The molecule has 0 radical (unpaired) electrons. The van der Waals surface area contributed by atoms with Crippen molar-refractivity contribution < 1.29 is 32.2 Å². The molecule has 0 unspecified atom stereocenters. The van der Waals surface area contributed by atoms with Gasteiger partial charge in [-0.2, -0.15) is 13.2 Å². The quantitative estimate of drug-likeness (QED) is 0.350. The minimum Gasteiger partial charge on any atom is -0.493 e. The topological polar surface area (TPSA) is 51.2 Å². The van der Waals surface area contributed by atoms with Crippen molar-refractivity contribution >= 4 is 12.0 Å². The van der Waals surface area contributed by atoms with Crippen LogP contribution in [0, 0.1) is 0 Å². The Morgan fingerprint density at radius 2 is 1.84 bits per heavy atom. The zero-order valence-electron chi connectivity index (χ0n) is 18.8. The van der Waals surface area contributed by atoms with Crippen LogP contribution in [0.5, 0.6) is 11.5 Å². The highest BCUT2D eigenvalue weighted by molar-refractivity contribution is 5.92. The summed E-state index contributed by atoms with van der Waals surface area (Å²) in [5.74, 6) is 1.24. The fourth-order valence-corrected chi connectivity index (χ4v) is 3.28. The zero-order chi connectivity index (χ0) is 23.4. The molecule has 180 valence electrons. The predicted molar refractivity (Wildman–Crippen MR) is 117 cm³/mol. The SMILES string of the molecule is CCCCOc1ccc(/C=C/C(=O)N2CCN(CCCOCC(F)(F)F)CC2)cc1OC. The molecule has 32 heavy (non-hydrogen) atoms. The highest BCUT2D eigenvalue weighted by atomic mass is 19.4. The van der Waals surface area contributed by atoms with Gasteiger partial charge in [-0.3, -0.25) is 9.69 Å². The van der Waals surface area contributed by atoms with E-state index in [9.17, 15) is 18.0 Å². The Kier molecular flexibility index (Phi) is 10.8. The van der Waals surface area contributed by atoms with Gasteiger partial charge in [-0.05, 0) is 36.6 Å². The molecular weight excluding hydrogens is 425 g/mol. The summed E-state index contributed by atoms with van der Waals surface area (Å²) in [5.41, 5.74) is 0.843. The monoisotopic (exact) mass is 458 g/mol. The molecule has 1 saturated heterocycles. The number of methoxy groups -OCH3 is 1. The van der Waals surface area contributed by atoms with Crippen molar-refractivity contribution in [3.05, 3.63) is 29.8 Å². The third kappa shape index (κ3) is 9.48. The molecule has 0 spiro atoms. The molecule has 1 amide bonds. The third-order valence-electron chi connectivity index (χ3n) is 5.07. The van der Waals surface area contributed by atoms with Crippen molar-refractivity contribution in [1.82, 2.24) is 9.80 Å². The van der Waals surface area contributed by atoms with Crippen molar-refractivity contribution in [2.45, 2.75) is 32.4 Å². The molecule has 1 heterocycles. The molecule has 0 saturated carbocycles. The number of ether oxygens (including phenoxy) is 3. The van der Waals surface area contributed by atoms with E-state index in [2.05, 4.69) is 16.6 Å². The van der Waals surface area contributed by atoms with Crippen molar-refractivity contribution in [1.29, 1.82) is 0 Å². The molecule has 0 aromatic heterocycles. The standard InChI is InChI=1S/C23H33F3N2O4/c1-3-4-16-32-20-8-6-19(17-21(20)30-2)7-9-22(29)28-13-11-27(12-14-28)10-5-15-31-18-23(24,25)26/h6-9,17H,3-5,10-16,18H2,1-2H3/b9-7+. The largest absolute Gasteiger partial charge is 0.493 e. The number of unbranched alkanes of at least 4 members (excludes halogenated alkanes) is 1. The van der Waals surface area contributed by atoms with Crippen LogP contribution in [0.25, 0.3) is 6.08 Å². The third-order valence-corrected chi connectivity index (χ3v) is 5.07. The molecule has 1 aliphatic heterocycles. The van der Waals surface area contributed by atoms with Gasteiger partial charge in [0.15, 0.2) is 11.5 Å². The van der Waals surface area contributed by atoms with E-state index in [1.807, 2.05) is 18.2 Å². The van der Waals surface area contributed by atoms with Crippen molar-refractivity contribution in [2.75, 3.05) is 59.7 Å². The number of carbonyl (C=O) groups excluding carboxylic acids is 1. The number of amides is 1. The number of hydrogen-bond acceptors (Lipinski definition) is 5. The molecule has 1 aromatic carbocycles. The molecule has 1 aliphatic rings. The fraction of sp³-hybridized carbons (Fsp3) is 0.609. The van der Waals surface area contributed by atoms with Crippen molar-refractivity contribution in [3.8, 4) is 11.5 Å². The summed E-state index contributed by atoms with van der Waals surface area (Å²) in [6.45, 7) is 4.81. The van der Waals surface area contributed by atoms with E-state index >= 15 is 0 Å². The summed E-state index contributed by atoms with van der Waals surface area (Å²) < 4.78 is 51.9. The highest BCUT2D eigenvalue weighted by Crippen LogP contribution is 2.28. The Bertz CT molecular complexity index is 732. The van der Waals surface area contributed by atoms with E-state index in [0.717, 1.165) is 18.4 Å². The summed E-state index contributed by atoms with van der Waals surface area (Å²) >= 11 is 0. The van der Waals surface area contributed by atoms with Crippen LogP contribution >= 0.6 is 0 Å². The molecular formula is C23H33F3N2O4. The number of hydrogen-bond donors (Lipinski definition) is 0. The van der Waals surface area contributed by atoms with Gasteiger partial charge in [-0.15, -0.1) is 0 Å². The number of halogens is 3. The molecule has 1 aromatic rings. The predicted octanol–water partition coefficient (Wildman–Crippen LogP) is 4.00. The molecule has 9 heteroatoms. The molecule has 6 nitrogen and oxygen atoms in total. The van der Waals surface area contributed by atoms with Crippen molar-refractivity contribution in [2.24, 2.45) is 0 Å². The summed E-state index contributed by atoms with van der Waals surface area (Å²) in [6, 6.07) is 5.56. The van der Waals surface area contributed by atoms with Gasteiger partial charge in [0.2, 0.25) is 5.91 Å². The first kappa shape index (κ1) is 26.0. The maximum Gasteiger partial charge on any atom is 0.411 e. The second-order valence-electron chi connectivity index (χ2n) is 7.63. The average molecular weight is 459 g/mol. The zero-order valence-corrected chi connectivity index (χ0v) is 18.8. The number of nitrogens with zero attached hydrogens (tertiary/aromatic N) is 2. The Hall–Kier alpha value is -2.26. The van der Waals surface area contributed by atoms with Gasteiger partial charge in [0, 0.05) is 45.4 Å². The molecule has 0 aliphatic carbocycles. The normalized spacial score (nSPS) is 15.3. The first-order chi connectivity index (χ1) is 15.3. The lowest BCUT2D eigenvalue weighted by Gasteiger charge is -2.34. The van der Waals surface area contributed by atoms with Gasteiger partial charge in [0.1, 0.15) is 6.61 Å². The van der Waals surface area contributed by atoms with Crippen LogP contribution in [0.15, 0.2) is 24.3 Å². The number of benzene rings is 1. The van der Waals surface area contributed by atoms with Crippen molar-refractivity contribution in [3.63, 3.8) is 0 Å². The van der Waals surface area contributed by atoms with E-state index in [4.69, 9.17) is 9.47 Å². The second kappa shape index (κ2) is 13.3. The summed E-state index contributed by atoms with van der Waals surface area (Å²) in [6.07, 6.45) is 1.57. The second-order valence-corrected chi connectivity index (χ2v) is 7.63. The smallest absolute Gasteiger partial charge is 0.411 e. The first-order valence-corrected chi connectivity index (χ1v) is 11.0. The van der Waals surface area contributed by atoms with Gasteiger partial charge < -0.3 is 19.1 Å². The Labute approximate surface area is 187 Å². The molecule has 2 rings (SSSR count). The molecule has 0 N–H and O–H groups in total. The molecule has 0 atom stereocenters. The number of rotatable bonds is 12. The van der Waals surface area contributed by atoms with E-state index in [0.29, 0.717) is 57.3 Å². The maximum atomic E-state index is 12.5. The van der Waals surface area contributed by atoms with Crippen LogP contribution in [0.3, 0.4) is 0 Å².